The monoisotopic (exact) mass is 336 g/mol. The van der Waals surface area contributed by atoms with Crippen molar-refractivity contribution >= 4 is 5.78 Å². The fourth-order valence-corrected chi connectivity index (χ4v) is 5.41. The number of hydrogen-bond acceptors (Lipinski definition) is 4. The van der Waals surface area contributed by atoms with E-state index in [1.54, 1.807) is 0 Å². The molecule has 1 saturated carbocycles. The molecule has 2 bridgehead atoms. The van der Waals surface area contributed by atoms with Gasteiger partial charge < -0.3 is 14.9 Å². The Hall–Kier alpha value is -0.710. The minimum atomic E-state index is -1.39. The standard InChI is InChI=1S/C20H32O4/c1-13(2)15(21)8-10-18(5)16(22)20-14(3)7-6-9-17(20,4)11-12-19(18,23)24-20/h13,16,22-23H,3,6-12H2,1-2,4-5H3/t16-,17-,18+,19+,20+/m0/s1. The fraction of sp³-hybridized carbons (Fsp3) is 0.850. The topological polar surface area (TPSA) is 66.8 Å². The maximum atomic E-state index is 12.1. The summed E-state index contributed by atoms with van der Waals surface area (Å²) in [6.07, 6.45) is 4.12. The van der Waals surface area contributed by atoms with E-state index >= 15 is 0 Å². The number of carbonyl (C=O) groups is 1. The Kier molecular flexibility index (Phi) is 4.06. The van der Waals surface area contributed by atoms with Crippen molar-refractivity contribution in [2.45, 2.75) is 90.1 Å². The zero-order chi connectivity index (χ0) is 18.0. The van der Waals surface area contributed by atoms with Crippen molar-refractivity contribution in [1.82, 2.24) is 0 Å². The van der Waals surface area contributed by atoms with E-state index in [0.717, 1.165) is 31.3 Å². The van der Waals surface area contributed by atoms with Gasteiger partial charge >= 0.3 is 0 Å². The molecule has 1 aliphatic carbocycles. The first-order valence-electron chi connectivity index (χ1n) is 9.34. The molecule has 0 aromatic rings. The molecular weight excluding hydrogens is 304 g/mol. The summed E-state index contributed by atoms with van der Waals surface area (Å²) in [5.74, 6) is -1.25. The lowest BCUT2D eigenvalue weighted by Gasteiger charge is -2.55. The lowest BCUT2D eigenvalue weighted by molar-refractivity contribution is -0.304. The van der Waals surface area contributed by atoms with Crippen molar-refractivity contribution in [3.63, 3.8) is 0 Å². The maximum Gasteiger partial charge on any atom is 0.174 e. The third-order valence-corrected chi connectivity index (χ3v) is 7.39. The van der Waals surface area contributed by atoms with Crippen molar-refractivity contribution in [3.05, 3.63) is 12.2 Å². The molecule has 0 aromatic heterocycles. The number of aliphatic hydroxyl groups excluding tert-OH is 1. The average Bonchev–Trinajstić information content (AvgIpc) is 2.67. The summed E-state index contributed by atoms with van der Waals surface area (Å²) in [5.41, 5.74) is -1.03. The summed E-state index contributed by atoms with van der Waals surface area (Å²) in [6.45, 7) is 12.0. The van der Waals surface area contributed by atoms with Crippen LogP contribution in [0.3, 0.4) is 0 Å². The summed E-state index contributed by atoms with van der Waals surface area (Å²) in [5, 5.41) is 22.7. The SMILES string of the molecule is C=C1CCC[C@@]2(C)CC[C@@]3(O)O[C@@]12[C@@H](O)[C@@]3(C)CCC(=O)C(C)C. The number of ketones is 1. The van der Waals surface area contributed by atoms with Gasteiger partial charge in [0, 0.05) is 24.2 Å². The Morgan fingerprint density at radius 2 is 2.00 bits per heavy atom. The summed E-state index contributed by atoms with van der Waals surface area (Å²) in [6, 6.07) is 0. The van der Waals surface area contributed by atoms with Crippen molar-refractivity contribution in [2.24, 2.45) is 16.7 Å². The number of aliphatic hydroxyl groups is 2. The van der Waals surface area contributed by atoms with Crippen molar-refractivity contribution in [2.75, 3.05) is 0 Å². The molecule has 4 heteroatoms. The summed E-state index contributed by atoms with van der Waals surface area (Å²) < 4.78 is 6.31. The Morgan fingerprint density at radius 1 is 1.33 bits per heavy atom. The Balaban J connectivity index is 1.98. The normalized spacial score (nSPS) is 47.8. The van der Waals surface area contributed by atoms with Gasteiger partial charge in [-0.3, -0.25) is 4.79 Å². The van der Waals surface area contributed by atoms with Crippen molar-refractivity contribution in [3.8, 4) is 0 Å². The molecule has 4 nitrogen and oxygen atoms in total. The molecule has 3 aliphatic rings. The van der Waals surface area contributed by atoms with Gasteiger partial charge in [0.15, 0.2) is 5.79 Å². The Morgan fingerprint density at radius 3 is 2.62 bits per heavy atom. The zero-order valence-corrected chi connectivity index (χ0v) is 15.5. The smallest absolute Gasteiger partial charge is 0.174 e. The molecule has 3 rings (SSSR count). The summed E-state index contributed by atoms with van der Waals surface area (Å²) >= 11 is 0. The van der Waals surface area contributed by atoms with Crippen LogP contribution in [0.2, 0.25) is 0 Å². The van der Waals surface area contributed by atoms with Crippen molar-refractivity contribution < 1.29 is 19.7 Å². The van der Waals surface area contributed by atoms with E-state index < -0.39 is 22.9 Å². The highest BCUT2D eigenvalue weighted by molar-refractivity contribution is 5.80. The van der Waals surface area contributed by atoms with Crippen LogP contribution in [-0.2, 0) is 9.53 Å². The highest BCUT2D eigenvalue weighted by Gasteiger charge is 2.76. The van der Waals surface area contributed by atoms with E-state index in [-0.39, 0.29) is 17.1 Å². The molecule has 2 heterocycles. The second-order valence-corrected chi connectivity index (χ2v) is 9.08. The van der Waals surface area contributed by atoms with Crippen LogP contribution in [0.5, 0.6) is 0 Å². The highest BCUT2D eigenvalue weighted by atomic mass is 16.7. The van der Waals surface area contributed by atoms with Crippen LogP contribution in [0.4, 0.5) is 0 Å². The minimum Gasteiger partial charge on any atom is -0.389 e. The predicted molar refractivity (Wildman–Crippen MR) is 92.3 cm³/mol. The number of hydrogen-bond donors (Lipinski definition) is 2. The molecule has 136 valence electrons. The maximum absolute atomic E-state index is 12.1. The lowest BCUT2D eigenvalue weighted by Crippen LogP contribution is -2.59. The quantitative estimate of drug-likeness (QED) is 0.773. The molecule has 2 saturated heterocycles. The van der Waals surface area contributed by atoms with Gasteiger partial charge in [-0.05, 0) is 37.7 Å². The highest BCUT2D eigenvalue weighted by Crippen LogP contribution is 2.69. The van der Waals surface area contributed by atoms with E-state index in [4.69, 9.17) is 4.74 Å². The third kappa shape index (κ3) is 2.06. The van der Waals surface area contributed by atoms with Gasteiger partial charge in [-0.1, -0.05) is 34.3 Å². The molecular formula is C20H32O4. The van der Waals surface area contributed by atoms with Crippen LogP contribution in [-0.4, -0.2) is 33.5 Å². The van der Waals surface area contributed by atoms with Gasteiger partial charge in [0.05, 0.1) is 11.5 Å². The third-order valence-electron chi connectivity index (χ3n) is 7.39. The number of rotatable bonds is 4. The van der Waals surface area contributed by atoms with E-state index in [1.165, 1.54) is 0 Å². The van der Waals surface area contributed by atoms with E-state index in [2.05, 4.69) is 13.5 Å². The Bertz CT molecular complexity index is 570. The molecule has 0 aromatic carbocycles. The number of carbonyl (C=O) groups excluding carboxylic acids is 1. The van der Waals surface area contributed by atoms with Gasteiger partial charge in [0.25, 0.3) is 0 Å². The van der Waals surface area contributed by atoms with Crippen LogP contribution >= 0.6 is 0 Å². The van der Waals surface area contributed by atoms with Crippen LogP contribution in [0.25, 0.3) is 0 Å². The lowest BCUT2D eigenvalue weighted by atomic mass is 9.57. The first-order chi connectivity index (χ1) is 11.0. The predicted octanol–water partition coefficient (Wildman–Crippen LogP) is 3.36. The molecule has 1 spiro atoms. The molecule has 3 fully saturated rings. The van der Waals surface area contributed by atoms with E-state index in [0.29, 0.717) is 19.3 Å². The van der Waals surface area contributed by atoms with Crippen LogP contribution in [0.1, 0.15) is 72.6 Å². The molecule has 2 aliphatic heterocycles. The number of Topliss-reactive ketones (excluding diaryl/α,β-unsaturated/α-hetero) is 1. The number of fused-ring (bicyclic) bond motifs is 1. The summed E-state index contributed by atoms with van der Waals surface area (Å²) in [4.78, 5) is 12.1. The van der Waals surface area contributed by atoms with Gasteiger partial charge in [-0.25, -0.2) is 0 Å². The molecule has 0 radical (unpaired) electrons. The van der Waals surface area contributed by atoms with E-state index in [1.807, 2.05) is 20.8 Å². The molecule has 5 atom stereocenters. The first-order valence-corrected chi connectivity index (χ1v) is 9.34. The molecule has 0 unspecified atom stereocenters. The van der Waals surface area contributed by atoms with Gasteiger partial charge in [0.2, 0.25) is 0 Å². The largest absolute Gasteiger partial charge is 0.389 e. The average molecular weight is 336 g/mol. The molecule has 24 heavy (non-hydrogen) atoms. The first kappa shape index (κ1) is 18.1. The van der Waals surface area contributed by atoms with Crippen LogP contribution in [0.15, 0.2) is 12.2 Å². The van der Waals surface area contributed by atoms with Gasteiger partial charge in [-0.15, -0.1) is 0 Å². The molecule has 2 N–H and O–H groups in total. The van der Waals surface area contributed by atoms with Crippen LogP contribution < -0.4 is 0 Å². The van der Waals surface area contributed by atoms with Crippen LogP contribution in [0, 0.1) is 16.7 Å². The van der Waals surface area contributed by atoms with Crippen molar-refractivity contribution in [1.29, 1.82) is 0 Å². The van der Waals surface area contributed by atoms with Gasteiger partial charge in [0.1, 0.15) is 11.4 Å². The fourth-order valence-electron chi connectivity index (χ4n) is 5.41. The second-order valence-electron chi connectivity index (χ2n) is 9.08. The Labute approximate surface area is 145 Å². The second kappa shape index (κ2) is 5.39. The zero-order valence-electron chi connectivity index (χ0n) is 15.5. The van der Waals surface area contributed by atoms with E-state index in [9.17, 15) is 15.0 Å². The molecule has 0 amide bonds. The summed E-state index contributed by atoms with van der Waals surface area (Å²) in [7, 11) is 0. The number of ether oxygens (including phenoxy) is 1. The minimum absolute atomic E-state index is 0.0323. The van der Waals surface area contributed by atoms with Gasteiger partial charge in [-0.2, -0.15) is 0 Å².